The normalized spacial score (nSPS) is 11.5. The van der Waals surface area contributed by atoms with Crippen LogP contribution >= 0.6 is 0 Å². The molecule has 2 aromatic heterocycles. The summed E-state index contributed by atoms with van der Waals surface area (Å²) in [5.74, 6) is -2.16. The Morgan fingerprint density at radius 1 is 0.975 bits per heavy atom. The van der Waals surface area contributed by atoms with E-state index in [-0.39, 0.29) is 22.1 Å². The summed E-state index contributed by atoms with van der Waals surface area (Å²) >= 11 is 0. The van der Waals surface area contributed by atoms with E-state index in [9.17, 15) is 22.0 Å². The zero-order chi connectivity index (χ0) is 28.8. The third-order valence-electron chi connectivity index (χ3n) is 6.37. The van der Waals surface area contributed by atoms with Crippen molar-refractivity contribution in [3.8, 4) is 22.7 Å². The van der Waals surface area contributed by atoms with E-state index in [0.29, 0.717) is 28.4 Å². The third kappa shape index (κ3) is 4.73. The van der Waals surface area contributed by atoms with E-state index >= 15 is 0 Å². The number of aromatic nitrogens is 3. The Kier molecular flexibility index (Phi) is 6.72. The molecule has 0 saturated heterocycles. The summed E-state index contributed by atoms with van der Waals surface area (Å²) in [7, 11) is -3.19. The summed E-state index contributed by atoms with van der Waals surface area (Å²) in [6.07, 6.45) is 1.38. The maximum absolute atomic E-state index is 14.2. The molecule has 0 aliphatic rings. The van der Waals surface area contributed by atoms with Gasteiger partial charge in [0.15, 0.2) is 0 Å². The first-order chi connectivity index (χ1) is 19.0. The van der Waals surface area contributed by atoms with Gasteiger partial charge in [0.25, 0.3) is 15.6 Å². The molecule has 0 fully saturated rings. The molecule has 0 radical (unpaired) electrons. The van der Waals surface area contributed by atoms with Crippen LogP contribution in [0.2, 0.25) is 0 Å². The fourth-order valence-electron chi connectivity index (χ4n) is 4.46. The summed E-state index contributed by atoms with van der Waals surface area (Å²) in [6.45, 7) is 3.73. The highest BCUT2D eigenvalue weighted by molar-refractivity contribution is 7.92. The average Bonchev–Trinajstić information content (AvgIpc) is 2.91. The highest BCUT2D eigenvalue weighted by Gasteiger charge is 2.24. The maximum Gasteiger partial charge on any atom is 0.267 e. The zero-order valence-electron chi connectivity index (χ0n) is 21.6. The largest absolute Gasteiger partial charge is 0.480 e. The predicted molar refractivity (Wildman–Crippen MR) is 148 cm³/mol. The van der Waals surface area contributed by atoms with Gasteiger partial charge in [0, 0.05) is 17.8 Å². The van der Waals surface area contributed by atoms with Crippen molar-refractivity contribution < 1.29 is 21.9 Å². The van der Waals surface area contributed by atoms with Crippen LogP contribution in [-0.4, -0.2) is 30.1 Å². The van der Waals surface area contributed by atoms with E-state index in [1.54, 1.807) is 18.2 Å². The van der Waals surface area contributed by atoms with Crippen LogP contribution in [0.15, 0.2) is 76.6 Å². The summed E-state index contributed by atoms with van der Waals surface area (Å²) in [6, 6.07) is 14.2. The van der Waals surface area contributed by atoms with Crippen molar-refractivity contribution >= 4 is 32.6 Å². The lowest BCUT2D eigenvalue weighted by atomic mass is 10.0. The van der Waals surface area contributed by atoms with Crippen molar-refractivity contribution in [3.63, 3.8) is 0 Å². The molecule has 2 heterocycles. The third-order valence-corrected chi connectivity index (χ3v) is 7.73. The van der Waals surface area contributed by atoms with Crippen molar-refractivity contribution in [2.75, 3.05) is 17.6 Å². The number of benzene rings is 3. The Hall–Kier alpha value is -4.84. The lowest BCUT2D eigenvalue weighted by Crippen LogP contribution is -2.24. The Bertz CT molecular complexity index is 1960. The van der Waals surface area contributed by atoms with Crippen LogP contribution < -0.4 is 20.8 Å². The highest BCUT2D eigenvalue weighted by Crippen LogP contribution is 2.31. The Balaban J connectivity index is 1.64. The van der Waals surface area contributed by atoms with E-state index in [1.165, 1.54) is 23.9 Å². The van der Waals surface area contributed by atoms with E-state index in [4.69, 9.17) is 10.5 Å². The van der Waals surface area contributed by atoms with Gasteiger partial charge in [-0.15, -0.1) is 0 Å². The lowest BCUT2D eigenvalue weighted by molar-refractivity contribution is 0.385. The molecular weight excluding hydrogens is 540 g/mol. The second-order valence-electron chi connectivity index (χ2n) is 9.04. The molecule has 5 rings (SSSR count). The first kappa shape index (κ1) is 26.8. The fraction of sp³-hybridized carbons (Fsp3) is 0.107. The molecule has 12 heteroatoms. The molecule has 204 valence electrons. The number of nitrogens with zero attached hydrogens (tertiary/aromatic N) is 3. The molecule has 0 spiro atoms. The standard InChI is InChI=1S/C28H23F2N5O4S/c1-15-5-4-6-16(2)25(15)35-27(36)20-11-17(7-9-22(20)33-28(35)31)18-12-24(26(39-3)32-14-18)40(37,38)34-23-10-8-19(29)13-21(23)30/h4-14,34H,1-3H3,(H2,31,33). The van der Waals surface area contributed by atoms with Gasteiger partial charge in [0.2, 0.25) is 11.8 Å². The predicted octanol–water partition coefficient (Wildman–Crippen LogP) is 4.73. The van der Waals surface area contributed by atoms with Crippen molar-refractivity contribution in [1.29, 1.82) is 0 Å². The number of anilines is 2. The van der Waals surface area contributed by atoms with E-state index in [1.807, 2.05) is 32.0 Å². The minimum atomic E-state index is -4.43. The van der Waals surface area contributed by atoms with E-state index in [2.05, 4.69) is 14.7 Å². The number of para-hydroxylation sites is 1. The van der Waals surface area contributed by atoms with Gasteiger partial charge in [0.1, 0.15) is 16.5 Å². The van der Waals surface area contributed by atoms with Gasteiger partial charge in [-0.2, -0.15) is 0 Å². The number of fused-ring (bicyclic) bond motifs is 1. The second kappa shape index (κ2) is 10.0. The Morgan fingerprint density at radius 2 is 1.70 bits per heavy atom. The second-order valence-corrected chi connectivity index (χ2v) is 10.7. The number of methoxy groups -OCH3 is 1. The molecule has 0 atom stereocenters. The minimum Gasteiger partial charge on any atom is -0.480 e. The molecule has 0 amide bonds. The van der Waals surface area contributed by atoms with Gasteiger partial charge in [0.05, 0.1) is 29.4 Å². The van der Waals surface area contributed by atoms with Gasteiger partial charge < -0.3 is 10.5 Å². The molecule has 5 aromatic rings. The molecule has 9 nitrogen and oxygen atoms in total. The molecule has 0 unspecified atom stereocenters. The Labute approximate surface area is 228 Å². The number of ether oxygens (including phenoxy) is 1. The summed E-state index contributed by atoms with van der Waals surface area (Å²) in [4.78, 5) is 21.8. The zero-order valence-corrected chi connectivity index (χ0v) is 22.4. The minimum absolute atomic E-state index is 0.0289. The SMILES string of the molecule is COc1ncc(-c2ccc3nc(N)n(-c4c(C)cccc4C)c(=O)c3c2)cc1S(=O)(=O)Nc1ccc(F)cc1F. The lowest BCUT2D eigenvalue weighted by Gasteiger charge is -2.16. The Morgan fingerprint density at radius 3 is 2.38 bits per heavy atom. The van der Waals surface area contributed by atoms with Gasteiger partial charge in [-0.05, 0) is 60.9 Å². The van der Waals surface area contributed by atoms with Crippen molar-refractivity contribution in [2.45, 2.75) is 18.7 Å². The van der Waals surface area contributed by atoms with Crippen LogP contribution in [0.5, 0.6) is 5.88 Å². The van der Waals surface area contributed by atoms with Gasteiger partial charge in [-0.25, -0.2) is 31.7 Å². The number of hydrogen-bond donors (Lipinski definition) is 2. The van der Waals surface area contributed by atoms with Gasteiger partial charge in [-0.3, -0.25) is 9.52 Å². The molecule has 3 N–H and O–H groups in total. The number of halogens is 2. The van der Waals surface area contributed by atoms with Gasteiger partial charge in [-0.1, -0.05) is 24.3 Å². The summed E-state index contributed by atoms with van der Waals surface area (Å²) < 4.78 is 62.5. The number of hydrogen-bond acceptors (Lipinski definition) is 7. The molecule has 3 aromatic carbocycles. The van der Waals surface area contributed by atoms with Crippen LogP contribution in [0.1, 0.15) is 11.1 Å². The summed E-state index contributed by atoms with van der Waals surface area (Å²) in [5, 5.41) is 0.251. The molecule has 0 bridgehead atoms. The molecular formula is C28H23F2N5O4S. The topological polar surface area (TPSA) is 129 Å². The number of pyridine rings is 1. The van der Waals surface area contributed by atoms with Gasteiger partial charge >= 0.3 is 0 Å². The fourth-order valence-corrected chi connectivity index (χ4v) is 5.68. The van der Waals surface area contributed by atoms with Crippen LogP contribution in [0.3, 0.4) is 0 Å². The highest BCUT2D eigenvalue weighted by atomic mass is 32.2. The first-order valence-electron chi connectivity index (χ1n) is 11.9. The number of rotatable bonds is 6. The van der Waals surface area contributed by atoms with Crippen molar-refractivity contribution in [1.82, 2.24) is 14.5 Å². The first-order valence-corrected chi connectivity index (χ1v) is 13.4. The number of aryl methyl sites for hydroxylation is 2. The quantitative estimate of drug-likeness (QED) is 0.305. The molecule has 0 saturated carbocycles. The van der Waals surface area contributed by atoms with Crippen molar-refractivity contribution in [3.05, 3.63) is 100.0 Å². The number of nitrogens with two attached hydrogens (primary N) is 1. The number of nitrogens with one attached hydrogen (secondary N) is 1. The smallest absolute Gasteiger partial charge is 0.267 e. The van der Waals surface area contributed by atoms with Crippen LogP contribution in [0, 0.1) is 25.5 Å². The number of nitrogen functional groups attached to an aromatic ring is 1. The maximum atomic E-state index is 14.2. The monoisotopic (exact) mass is 563 g/mol. The number of sulfonamides is 1. The molecule has 40 heavy (non-hydrogen) atoms. The van der Waals surface area contributed by atoms with E-state index < -0.39 is 32.9 Å². The molecule has 0 aliphatic heterocycles. The van der Waals surface area contributed by atoms with E-state index in [0.717, 1.165) is 23.3 Å². The van der Waals surface area contributed by atoms with Crippen LogP contribution in [0.4, 0.5) is 20.4 Å². The van der Waals surface area contributed by atoms with Crippen molar-refractivity contribution in [2.24, 2.45) is 0 Å². The average molecular weight is 564 g/mol. The van der Waals surface area contributed by atoms with Crippen LogP contribution in [0.25, 0.3) is 27.7 Å². The molecule has 0 aliphatic carbocycles. The van der Waals surface area contributed by atoms with Crippen LogP contribution in [-0.2, 0) is 10.0 Å². The summed E-state index contributed by atoms with van der Waals surface area (Å²) in [5.41, 5.74) is 8.80.